The van der Waals surface area contributed by atoms with Crippen LogP contribution in [-0.4, -0.2) is 41.5 Å². The zero-order chi connectivity index (χ0) is 14.1. The predicted molar refractivity (Wildman–Crippen MR) is 78.9 cm³/mol. The van der Waals surface area contributed by atoms with Crippen LogP contribution in [0.25, 0.3) is 0 Å². The van der Waals surface area contributed by atoms with Crippen molar-refractivity contribution in [3.05, 3.63) is 29.0 Å². The number of amides is 1. The Hall–Kier alpha value is -1.13. The van der Waals surface area contributed by atoms with Gasteiger partial charge in [0.1, 0.15) is 10.8 Å². The molecule has 5 heteroatoms. The quantitative estimate of drug-likeness (QED) is 0.870. The van der Waals surface area contributed by atoms with Crippen molar-refractivity contribution < 1.29 is 4.79 Å². The van der Waals surface area contributed by atoms with Crippen LogP contribution >= 0.6 is 11.6 Å². The van der Waals surface area contributed by atoms with E-state index in [1.54, 1.807) is 18.2 Å². The molecule has 0 aromatic carbocycles. The largest absolute Gasteiger partial charge is 0.350 e. The van der Waals surface area contributed by atoms with E-state index in [0.29, 0.717) is 28.8 Å². The maximum Gasteiger partial charge on any atom is 0.269 e. The molecule has 108 valence electrons. The van der Waals surface area contributed by atoms with Gasteiger partial charge < -0.3 is 10.2 Å². The minimum Gasteiger partial charge on any atom is -0.350 e. The molecule has 2 saturated heterocycles. The lowest BCUT2D eigenvalue weighted by atomic mass is 9.91. The molecule has 2 bridgehead atoms. The van der Waals surface area contributed by atoms with E-state index in [1.807, 2.05) is 0 Å². The summed E-state index contributed by atoms with van der Waals surface area (Å²) in [4.78, 5) is 18.6. The first kappa shape index (κ1) is 13.8. The van der Waals surface area contributed by atoms with Gasteiger partial charge in [0.2, 0.25) is 0 Å². The van der Waals surface area contributed by atoms with Crippen LogP contribution in [0, 0.1) is 5.92 Å². The van der Waals surface area contributed by atoms with Crippen LogP contribution in [0.2, 0.25) is 5.15 Å². The van der Waals surface area contributed by atoms with Crippen molar-refractivity contribution in [3.8, 4) is 0 Å². The molecule has 1 amide bonds. The third-order valence-electron chi connectivity index (χ3n) is 4.69. The van der Waals surface area contributed by atoms with Gasteiger partial charge in [-0.15, -0.1) is 0 Å². The lowest BCUT2D eigenvalue weighted by Crippen LogP contribution is -2.43. The second kappa shape index (κ2) is 5.70. The first-order valence-corrected chi connectivity index (χ1v) is 7.64. The Morgan fingerprint density at radius 3 is 2.75 bits per heavy atom. The van der Waals surface area contributed by atoms with E-state index in [4.69, 9.17) is 11.6 Å². The van der Waals surface area contributed by atoms with Crippen molar-refractivity contribution in [2.75, 3.05) is 13.6 Å². The summed E-state index contributed by atoms with van der Waals surface area (Å²) in [6.07, 6.45) is 5.00. The van der Waals surface area contributed by atoms with Gasteiger partial charge in [0.25, 0.3) is 5.91 Å². The number of fused-ring (bicyclic) bond motifs is 2. The minimum absolute atomic E-state index is 0.126. The Kier molecular flexibility index (Phi) is 3.94. The molecule has 2 atom stereocenters. The molecule has 1 aromatic heterocycles. The summed E-state index contributed by atoms with van der Waals surface area (Å²) in [7, 11) is 2.23. The Morgan fingerprint density at radius 2 is 2.10 bits per heavy atom. The van der Waals surface area contributed by atoms with Gasteiger partial charge in [0.15, 0.2) is 0 Å². The highest BCUT2D eigenvalue weighted by atomic mass is 35.5. The zero-order valence-electron chi connectivity index (χ0n) is 11.7. The third-order valence-corrected chi connectivity index (χ3v) is 4.91. The normalized spacial score (nSPS) is 29.4. The van der Waals surface area contributed by atoms with Crippen molar-refractivity contribution in [1.29, 1.82) is 0 Å². The van der Waals surface area contributed by atoms with Crippen molar-refractivity contribution in [2.45, 2.75) is 37.8 Å². The van der Waals surface area contributed by atoms with E-state index in [-0.39, 0.29) is 5.91 Å². The number of hydrogen-bond donors (Lipinski definition) is 1. The molecule has 3 rings (SSSR count). The highest BCUT2D eigenvalue weighted by molar-refractivity contribution is 6.29. The Balaban J connectivity index is 1.54. The molecule has 20 heavy (non-hydrogen) atoms. The number of carbonyl (C=O) groups excluding carboxylic acids is 1. The second-order valence-corrected chi connectivity index (χ2v) is 6.33. The maximum absolute atomic E-state index is 12.0. The van der Waals surface area contributed by atoms with Gasteiger partial charge in [0, 0.05) is 18.6 Å². The molecule has 2 aliphatic heterocycles. The molecule has 0 aliphatic carbocycles. The van der Waals surface area contributed by atoms with Gasteiger partial charge in [-0.2, -0.15) is 0 Å². The SMILES string of the molecule is CN1C2CCC1CC(CNC(=O)c1cccc(Cl)n1)C2. The summed E-state index contributed by atoms with van der Waals surface area (Å²) in [5.41, 5.74) is 0.397. The molecule has 0 saturated carbocycles. The number of hydrogen-bond acceptors (Lipinski definition) is 3. The summed E-state index contributed by atoms with van der Waals surface area (Å²) in [5.74, 6) is 0.464. The summed E-state index contributed by atoms with van der Waals surface area (Å²) >= 11 is 5.80. The van der Waals surface area contributed by atoms with E-state index in [9.17, 15) is 4.79 Å². The fourth-order valence-electron chi connectivity index (χ4n) is 3.55. The van der Waals surface area contributed by atoms with E-state index in [2.05, 4.69) is 22.2 Å². The molecular weight excluding hydrogens is 274 g/mol. The summed E-state index contributed by atoms with van der Waals surface area (Å²) in [6.45, 7) is 0.744. The zero-order valence-corrected chi connectivity index (χ0v) is 12.4. The minimum atomic E-state index is -0.126. The first-order valence-electron chi connectivity index (χ1n) is 7.26. The Labute approximate surface area is 124 Å². The molecule has 2 fully saturated rings. The summed E-state index contributed by atoms with van der Waals surface area (Å²) in [5, 5.41) is 3.36. The molecule has 3 heterocycles. The van der Waals surface area contributed by atoms with Crippen LogP contribution < -0.4 is 5.32 Å². The molecular formula is C15H20ClN3O. The molecule has 2 aliphatic rings. The van der Waals surface area contributed by atoms with Crippen molar-refractivity contribution in [2.24, 2.45) is 5.92 Å². The number of nitrogens with zero attached hydrogens (tertiary/aromatic N) is 2. The van der Waals surface area contributed by atoms with Crippen LogP contribution in [-0.2, 0) is 0 Å². The molecule has 1 aromatic rings. The van der Waals surface area contributed by atoms with Crippen molar-refractivity contribution in [1.82, 2.24) is 15.2 Å². The van der Waals surface area contributed by atoms with Crippen LogP contribution in [0.15, 0.2) is 18.2 Å². The van der Waals surface area contributed by atoms with Crippen LogP contribution in [0.1, 0.15) is 36.2 Å². The number of halogens is 1. The Bertz CT molecular complexity index is 494. The standard InChI is InChI=1S/C15H20ClN3O/c1-19-11-5-6-12(19)8-10(7-11)9-17-15(20)13-3-2-4-14(16)18-13/h2-4,10-12H,5-9H2,1H3,(H,17,20). The molecule has 1 N–H and O–H groups in total. The van der Waals surface area contributed by atoms with Crippen LogP contribution in [0.4, 0.5) is 0 Å². The number of rotatable bonds is 3. The van der Waals surface area contributed by atoms with Gasteiger partial charge in [-0.3, -0.25) is 4.79 Å². The smallest absolute Gasteiger partial charge is 0.269 e. The second-order valence-electron chi connectivity index (χ2n) is 5.94. The highest BCUT2D eigenvalue weighted by Crippen LogP contribution is 2.36. The first-order chi connectivity index (χ1) is 9.63. The number of nitrogens with one attached hydrogen (secondary N) is 1. The monoisotopic (exact) mass is 293 g/mol. The van der Waals surface area contributed by atoms with Gasteiger partial charge in [-0.25, -0.2) is 4.98 Å². The Morgan fingerprint density at radius 1 is 1.40 bits per heavy atom. The van der Waals surface area contributed by atoms with Gasteiger partial charge >= 0.3 is 0 Å². The molecule has 0 spiro atoms. The maximum atomic E-state index is 12.0. The van der Waals surface area contributed by atoms with E-state index in [0.717, 1.165) is 6.54 Å². The van der Waals surface area contributed by atoms with Crippen molar-refractivity contribution >= 4 is 17.5 Å². The lowest BCUT2D eigenvalue weighted by Gasteiger charge is -2.36. The van der Waals surface area contributed by atoms with E-state index < -0.39 is 0 Å². The predicted octanol–water partition coefficient (Wildman–Crippen LogP) is 2.34. The fraction of sp³-hybridized carbons (Fsp3) is 0.600. The third kappa shape index (κ3) is 2.81. The molecule has 0 radical (unpaired) electrons. The highest BCUT2D eigenvalue weighted by Gasteiger charge is 2.38. The molecule has 4 nitrogen and oxygen atoms in total. The average Bonchev–Trinajstić information content (AvgIpc) is 2.66. The van der Waals surface area contributed by atoms with E-state index in [1.165, 1.54) is 25.7 Å². The number of aromatic nitrogens is 1. The van der Waals surface area contributed by atoms with Gasteiger partial charge in [0.05, 0.1) is 0 Å². The van der Waals surface area contributed by atoms with Gasteiger partial charge in [-0.1, -0.05) is 17.7 Å². The van der Waals surface area contributed by atoms with E-state index >= 15 is 0 Å². The fourth-order valence-corrected chi connectivity index (χ4v) is 3.72. The van der Waals surface area contributed by atoms with Crippen molar-refractivity contribution in [3.63, 3.8) is 0 Å². The number of piperidine rings is 1. The summed E-state index contributed by atoms with van der Waals surface area (Å²) < 4.78 is 0. The van der Waals surface area contributed by atoms with Gasteiger partial charge in [-0.05, 0) is 50.8 Å². The lowest BCUT2D eigenvalue weighted by molar-refractivity contribution is 0.0913. The van der Waals surface area contributed by atoms with Crippen LogP contribution in [0.3, 0.4) is 0 Å². The average molecular weight is 294 g/mol. The number of carbonyl (C=O) groups is 1. The number of pyridine rings is 1. The van der Waals surface area contributed by atoms with Crippen LogP contribution in [0.5, 0.6) is 0 Å². The molecule has 2 unspecified atom stereocenters. The topological polar surface area (TPSA) is 45.2 Å². The summed E-state index contributed by atoms with van der Waals surface area (Å²) in [6, 6.07) is 6.53.